The van der Waals surface area contributed by atoms with E-state index in [-0.39, 0.29) is 5.56 Å². The third-order valence-corrected chi connectivity index (χ3v) is 4.10. The van der Waals surface area contributed by atoms with E-state index in [2.05, 4.69) is 22.0 Å². The summed E-state index contributed by atoms with van der Waals surface area (Å²) < 4.78 is 1.59. The summed E-state index contributed by atoms with van der Waals surface area (Å²) in [6.07, 6.45) is 3.45. The summed E-state index contributed by atoms with van der Waals surface area (Å²) in [5.74, 6) is 0.648. The van der Waals surface area contributed by atoms with Gasteiger partial charge in [-0.25, -0.2) is 14.7 Å². The second-order valence-corrected chi connectivity index (χ2v) is 6.03. The van der Waals surface area contributed by atoms with Crippen LogP contribution in [-0.4, -0.2) is 20.5 Å². The Labute approximate surface area is 147 Å². The summed E-state index contributed by atoms with van der Waals surface area (Å²) in [5.41, 5.74) is 3.95. The molecule has 0 aliphatic rings. The van der Waals surface area contributed by atoms with Gasteiger partial charge in [-0.1, -0.05) is 37.6 Å². The number of hydrogen-bond acceptors (Lipinski definition) is 3. The fourth-order valence-electron chi connectivity index (χ4n) is 2.85. The monoisotopic (exact) mass is 334 g/mol. The second-order valence-electron chi connectivity index (χ2n) is 6.03. The van der Waals surface area contributed by atoms with Gasteiger partial charge in [-0.2, -0.15) is 0 Å². The van der Waals surface area contributed by atoms with E-state index in [1.165, 1.54) is 0 Å². The minimum Gasteiger partial charge on any atom is -0.294 e. The number of nitrogens with one attached hydrogen (secondary N) is 1. The van der Waals surface area contributed by atoms with Gasteiger partial charge in [-0.05, 0) is 44.0 Å². The van der Waals surface area contributed by atoms with Gasteiger partial charge >= 0.3 is 0 Å². The van der Waals surface area contributed by atoms with Crippen LogP contribution in [0, 0.1) is 6.92 Å². The van der Waals surface area contributed by atoms with Gasteiger partial charge in [-0.3, -0.25) is 9.89 Å². The number of aromatic amines is 1. The first kappa shape index (κ1) is 16.9. The molecule has 2 aromatic heterocycles. The van der Waals surface area contributed by atoms with Crippen molar-refractivity contribution in [2.45, 2.75) is 33.6 Å². The molecular formula is C20H22N4O. The Morgan fingerprint density at radius 2 is 1.96 bits per heavy atom. The highest BCUT2D eigenvalue weighted by Gasteiger charge is 2.17. The molecule has 0 unspecified atom stereocenters. The molecule has 5 nitrogen and oxygen atoms in total. The van der Waals surface area contributed by atoms with Crippen molar-refractivity contribution in [3.8, 4) is 5.69 Å². The van der Waals surface area contributed by atoms with Crippen LogP contribution < -0.4 is 5.56 Å². The first-order chi connectivity index (χ1) is 12.1. The molecule has 1 N–H and O–H groups in total. The Morgan fingerprint density at radius 3 is 2.64 bits per heavy atom. The largest absolute Gasteiger partial charge is 0.294 e. The molecule has 0 saturated heterocycles. The van der Waals surface area contributed by atoms with Gasteiger partial charge in [0, 0.05) is 11.9 Å². The lowest BCUT2D eigenvalue weighted by atomic mass is 10.1. The fourth-order valence-corrected chi connectivity index (χ4v) is 2.85. The normalized spacial score (nSPS) is 11.7. The molecule has 3 rings (SSSR count). The number of hydrogen-bond donors (Lipinski definition) is 1. The van der Waals surface area contributed by atoms with Gasteiger partial charge < -0.3 is 0 Å². The van der Waals surface area contributed by atoms with Gasteiger partial charge in [0.05, 0.1) is 17.0 Å². The van der Waals surface area contributed by atoms with Crippen LogP contribution in [0.3, 0.4) is 0 Å². The Bertz CT molecular complexity index is 951. The molecule has 0 bridgehead atoms. The smallest absolute Gasteiger partial charge is 0.280 e. The van der Waals surface area contributed by atoms with Crippen molar-refractivity contribution in [2.75, 3.05) is 0 Å². The molecule has 0 fully saturated rings. The number of aliphatic imine (C=N–C) groups is 1. The van der Waals surface area contributed by atoms with E-state index in [1.54, 1.807) is 10.9 Å². The number of aryl methyl sites for hydroxylation is 2. The number of nitrogens with zero attached hydrogens (tertiary/aromatic N) is 3. The molecule has 0 spiro atoms. The molecule has 2 heterocycles. The highest BCUT2D eigenvalue weighted by Crippen LogP contribution is 2.17. The first-order valence-electron chi connectivity index (χ1n) is 8.48. The molecule has 0 aliphatic carbocycles. The molecule has 0 atom stereocenters. The predicted molar refractivity (Wildman–Crippen MR) is 101 cm³/mol. The zero-order chi connectivity index (χ0) is 17.8. The molecule has 3 aromatic rings. The van der Waals surface area contributed by atoms with Gasteiger partial charge in [-0.15, -0.1) is 0 Å². The summed E-state index contributed by atoms with van der Waals surface area (Å²) in [7, 11) is 0. The molecule has 128 valence electrons. The van der Waals surface area contributed by atoms with E-state index >= 15 is 0 Å². The van der Waals surface area contributed by atoms with Crippen LogP contribution >= 0.6 is 0 Å². The summed E-state index contributed by atoms with van der Waals surface area (Å²) >= 11 is 0. The molecule has 0 amide bonds. The molecule has 0 saturated carbocycles. The van der Waals surface area contributed by atoms with Crippen molar-refractivity contribution in [1.82, 2.24) is 14.8 Å². The van der Waals surface area contributed by atoms with Crippen LogP contribution in [0.25, 0.3) is 5.69 Å². The van der Waals surface area contributed by atoms with Crippen molar-refractivity contribution in [3.05, 3.63) is 75.8 Å². The average Bonchev–Trinajstić information content (AvgIpc) is 2.94. The lowest BCUT2D eigenvalue weighted by Gasteiger charge is -2.02. The number of para-hydroxylation sites is 1. The fraction of sp³-hybridized carbons (Fsp3) is 0.250. The highest BCUT2D eigenvalue weighted by molar-refractivity contribution is 6.01. The number of H-pyrrole nitrogens is 1. The van der Waals surface area contributed by atoms with Crippen molar-refractivity contribution in [3.63, 3.8) is 0 Å². The lowest BCUT2D eigenvalue weighted by molar-refractivity contribution is 0.793. The van der Waals surface area contributed by atoms with Crippen molar-refractivity contribution < 1.29 is 0 Å². The van der Waals surface area contributed by atoms with Gasteiger partial charge in [0.15, 0.2) is 5.82 Å². The number of benzene rings is 1. The van der Waals surface area contributed by atoms with Crippen molar-refractivity contribution in [1.29, 1.82) is 0 Å². The van der Waals surface area contributed by atoms with Crippen LogP contribution in [0.5, 0.6) is 0 Å². The van der Waals surface area contributed by atoms with Gasteiger partial charge in [0.1, 0.15) is 0 Å². The molecule has 0 aliphatic heterocycles. The third kappa shape index (κ3) is 3.45. The summed E-state index contributed by atoms with van der Waals surface area (Å²) in [6.45, 7) is 5.93. The summed E-state index contributed by atoms with van der Waals surface area (Å²) in [4.78, 5) is 21.9. The van der Waals surface area contributed by atoms with E-state index in [0.29, 0.717) is 17.1 Å². The van der Waals surface area contributed by atoms with Crippen molar-refractivity contribution >= 4 is 11.5 Å². The number of pyridine rings is 1. The standard InChI is InChI=1S/C20H22N4O/c1-4-9-17-18(15(3)22-19-14(2)10-8-13-21-19)20(25)24(23-17)16-11-6-5-7-12-16/h5-8,10-13,23H,4,9H2,1-3H3. The van der Waals surface area contributed by atoms with E-state index in [4.69, 9.17) is 0 Å². The Morgan fingerprint density at radius 1 is 1.20 bits per heavy atom. The zero-order valence-electron chi connectivity index (χ0n) is 14.8. The third-order valence-electron chi connectivity index (χ3n) is 4.10. The topological polar surface area (TPSA) is 63.0 Å². The maximum absolute atomic E-state index is 13.0. The SMILES string of the molecule is CCCc1[nH]n(-c2ccccc2)c(=O)c1C(C)=Nc1ncccc1C. The van der Waals surface area contributed by atoms with Gasteiger partial charge in [0.25, 0.3) is 5.56 Å². The summed E-state index contributed by atoms with van der Waals surface area (Å²) in [6, 6.07) is 13.4. The number of rotatable bonds is 5. The minimum atomic E-state index is -0.0792. The minimum absolute atomic E-state index is 0.0792. The maximum atomic E-state index is 13.0. The second kappa shape index (κ2) is 7.30. The van der Waals surface area contributed by atoms with E-state index in [9.17, 15) is 4.79 Å². The molecule has 0 radical (unpaired) electrons. The van der Waals surface area contributed by atoms with Crippen LogP contribution in [-0.2, 0) is 6.42 Å². The Hall–Kier alpha value is -2.95. The predicted octanol–water partition coefficient (Wildman–Crippen LogP) is 3.96. The van der Waals surface area contributed by atoms with Crippen LogP contribution in [0.1, 0.15) is 37.1 Å². The van der Waals surface area contributed by atoms with E-state index < -0.39 is 0 Å². The summed E-state index contributed by atoms with van der Waals surface area (Å²) in [5, 5.41) is 3.25. The van der Waals surface area contributed by atoms with E-state index in [0.717, 1.165) is 29.8 Å². The molecule has 1 aromatic carbocycles. The van der Waals surface area contributed by atoms with Gasteiger partial charge in [0.2, 0.25) is 0 Å². The Kier molecular flexibility index (Phi) is 4.93. The van der Waals surface area contributed by atoms with Crippen LogP contribution in [0.4, 0.5) is 5.82 Å². The quantitative estimate of drug-likeness (QED) is 0.718. The molecular weight excluding hydrogens is 312 g/mol. The molecule has 5 heteroatoms. The van der Waals surface area contributed by atoms with Crippen molar-refractivity contribution in [2.24, 2.45) is 4.99 Å². The first-order valence-corrected chi connectivity index (χ1v) is 8.48. The van der Waals surface area contributed by atoms with Crippen LogP contribution in [0.15, 0.2) is 58.4 Å². The Balaban J connectivity index is 2.13. The van der Waals surface area contributed by atoms with E-state index in [1.807, 2.05) is 56.3 Å². The molecule has 25 heavy (non-hydrogen) atoms. The highest BCUT2D eigenvalue weighted by atomic mass is 16.1. The average molecular weight is 334 g/mol. The zero-order valence-corrected chi connectivity index (χ0v) is 14.8. The maximum Gasteiger partial charge on any atom is 0.280 e. The van der Waals surface area contributed by atoms with Crippen LogP contribution in [0.2, 0.25) is 0 Å². The lowest BCUT2D eigenvalue weighted by Crippen LogP contribution is -2.19. The number of aromatic nitrogens is 3.